The molecule has 0 bridgehead atoms. The fourth-order valence-corrected chi connectivity index (χ4v) is 1.59. The van der Waals surface area contributed by atoms with Gasteiger partial charge in [-0.2, -0.15) is 0 Å². The molecule has 1 aliphatic rings. The van der Waals surface area contributed by atoms with E-state index in [1.54, 1.807) is 0 Å². The second-order valence-corrected chi connectivity index (χ2v) is 3.02. The highest BCUT2D eigenvalue weighted by atomic mass is 35.5. The topological polar surface area (TPSA) is 40.7 Å². The van der Waals surface area contributed by atoms with Gasteiger partial charge in [-0.15, -0.1) is 24.8 Å². The van der Waals surface area contributed by atoms with Crippen molar-refractivity contribution in [2.45, 2.75) is 18.8 Å². The molecule has 5 heteroatoms. The van der Waals surface area contributed by atoms with Crippen molar-refractivity contribution in [3.63, 3.8) is 0 Å². The largest absolute Gasteiger partial charge is 0.348 e. The third-order valence-corrected chi connectivity index (χ3v) is 2.20. The van der Waals surface area contributed by atoms with E-state index in [2.05, 4.69) is 15.3 Å². The first-order chi connectivity index (χ1) is 5.47. The van der Waals surface area contributed by atoms with Gasteiger partial charge >= 0.3 is 0 Å². The second-order valence-electron chi connectivity index (χ2n) is 3.02. The highest BCUT2D eigenvalue weighted by Crippen LogP contribution is 2.18. The summed E-state index contributed by atoms with van der Waals surface area (Å²) in [5, 5.41) is 3.36. The van der Waals surface area contributed by atoms with Gasteiger partial charge in [-0.3, -0.25) is 0 Å². The van der Waals surface area contributed by atoms with E-state index in [9.17, 15) is 0 Å². The molecule has 1 saturated heterocycles. The molecule has 0 saturated carbocycles. The van der Waals surface area contributed by atoms with Gasteiger partial charge < -0.3 is 10.3 Å². The Hall–Kier alpha value is -0.250. The summed E-state index contributed by atoms with van der Waals surface area (Å²) in [7, 11) is 0. The molecule has 2 rings (SSSR count). The SMILES string of the molecule is Cl.Cl.c1c[nH]c(C2CCCNC2)n1. The standard InChI is InChI=1S/C8H13N3.2ClH/c1-2-7(6-9-3-1)8-10-4-5-11-8;;/h4-5,7,9H,1-3,6H2,(H,10,11);2*1H. The van der Waals surface area contributed by atoms with Gasteiger partial charge in [0.1, 0.15) is 5.82 Å². The van der Waals surface area contributed by atoms with Crippen LogP contribution in [0, 0.1) is 0 Å². The number of aromatic nitrogens is 2. The fraction of sp³-hybridized carbons (Fsp3) is 0.625. The Labute approximate surface area is 90.5 Å². The van der Waals surface area contributed by atoms with Crippen molar-refractivity contribution >= 4 is 24.8 Å². The van der Waals surface area contributed by atoms with Crippen LogP contribution in [0.5, 0.6) is 0 Å². The molecule has 1 atom stereocenters. The molecule has 1 aromatic heterocycles. The summed E-state index contributed by atoms with van der Waals surface area (Å²) < 4.78 is 0. The Morgan fingerprint density at radius 1 is 1.38 bits per heavy atom. The molecular weight excluding hydrogens is 209 g/mol. The van der Waals surface area contributed by atoms with Gasteiger partial charge in [0.05, 0.1) is 0 Å². The normalized spacial score (nSPS) is 21.4. The van der Waals surface area contributed by atoms with Crippen molar-refractivity contribution in [2.75, 3.05) is 13.1 Å². The molecule has 1 aromatic rings. The number of H-pyrrole nitrogens is 1. The number of nitrogens with one attached hydrogen (secondary N) is 2. The maximum absolute atomic E-state index is 4.24. The van der Waals surface area contributed by atoms with Crippen LogP contribution >= 0.6 is 24.8 Å². The van der Waals surface area contributed by atoms with Crippen molar-refractivity contribution in [1.29, 1.82) is 0 Å². The third-order valence-electron chi connectivity index (χ3n) is 2.20. The first-order valence-electron chi connectivity index (χ1n) is 4.17. The Balaban J connectivity index is 0.000000720. The van der Waals surface area contributed by atoms with Gasteiger partial charge in [0.25, 0.3) is 0 Å². The summed E-state index contributed by atoms with van der Waals surface area (Å²) in [6, 6.07) is 0. The lowest BCUT2D eigenvalue weighted by Gasteiger charge is -2.20. The van der Waals surface area contributed by atoms with Crippen LogP contribution in [-0.2, 0) is 0 Å². The molecule has 0 amide bonds. The van der Waals surface area contributed by atoms with Crippen molar-refractivity contribution in [1.82, 2.24) is 15.3 Å². The summed E-state index contributed by atoms with van der Waals surface area (Å²) in [5.41, 5.74) is 0. The predicted molar refractivity (Wildman–Crippen MR) is 57.9 cm³/mol. The van der Waals surface area contributed by atoms with Gasteiger partial charge in [0.2, 0.25) is 0 Å². The second kappa shape index (κ2) is 6.24. The maximum atomic E-state index is 4.24. The number of halogens is 2. The molecule has 1 fully saturated rings. The van der Waals surface area contributed by atoms with Crippen LogP contribution in [0.15, 0.2) is 12.4 Å². The van der Waals surface area contributed by atoms with E-state index in [1.807, 2.05) is 12.4 Å². The molecule has 3 nitrogen and oxygen atoms in total. The minimum Gasteiger partial charge on any atom is -0.348 e. The maximum Gasteiger partial charge on any atom is 0.110 e. The molecule has 0 spiro atoms. The highest BCUT2D eigenvalue weighted by molar-refractivity contribution is 5.85. The molecule has 0 aromatic carbocycles. The van der Waals surface area contributed by atoms with Crippen LogP contribution < -0.4 is 5.32 Å². The van der Waals surface area contributed by atoms with E-state index in [4.69, 9.17) is 0 Å². The zero-order valence-corrected chi connectivity index (χ0v) is 8.96. The quantitative estimate of drug-likeness (QED) is 0.762. The van der Waals surface area contributed by atoms with Crippen molar-refractivity contribution in [2.24, 2.45) is 0 Å². The number of piperidine rings is 1. The van der Waals surface area contributed by atoms with E-state index < -0.39 is 0 Å². The number of hydrogen-bond donors (Lipinski definition) is 2. The Bertz CT molecular complexity index is 207. The zero-order valence-electron chi connectivity index (χ0n) is 7.32. The number of aromatic amines is 1. The van der Waals surface area contributed by atoms with Crippen LogP contribution in [0.2, 0.25) is 0 Å². The smallest absolute Gasteiger partial charge is 0.110 e. The molecule has 2 N–H and O–H groups in total. The Morgan fingerprint density at radius 2 is 2.23 bits per heavy atom. The summed E-state index contributed by atoms with van der Waals surface area (Å²) in [5.74, 6) is 1.75. The van der Waals surface area contributed by atoms with Crippen LogP contribution in [-0.4, -0.2) is 23.1 Å². The summed E-state index contributed by atoms with van der Waals surface area (Å²) in [6.07, 6.45) is 6.25. The first kappa shape index (κ1) is 12.8. The average Bonchev–Trinajstić information content (AvgIpc) is 2.58. The minimum atomic E-state index is 0. The molecule has 1 unspecified atom stereocenters. The van der Waals surface area contributed by atoms with Crippen LogP contribution in [0.25, 0.3) is 0 Å². The minimum absolute atomic E-state index is 0. The van der Waals surface area contributed by atoms with E-state index in [-0.39, 0.29) is 24.8 Å². The fourth-order valence-electron chi connectivity index (χ4n) is 1.59. The third kappa shape index (κ3) is 3.18. The Kier molecular flexibility index (Phi) is 6.12. The van der Waals surface area contributed by atoms with Gasteiger partial charge in [-0.05, 0) is 19.4 Å². The molecule has 0 radical (unpaired) electrons. The number of imidazole rings is 1. The van der Waals surface area contributed by atoms with Crippen molar-refractivity contribution in [3.8, 4) is 0 Å². The number of rotatable bonds is 1. The number of nitrogens with zero attached hydrogens (tertiary/aromatic N) is 1. The van der Waals surface area contributed by atoms with Crippen molar-refractivity contribution < 1.29 is 0 Å². The molecule has 13 heavy (non-hydrogen) atoms. The van der Waals surface area contributed by atoms with Gasteiger partial charge in [-0.25, -0.2) is 4.98 Å². The first-order valence-corrected chi connectivity index (χ1v) is 4.17. The van der Waals surface area contributed by atoms with Gasteiger partial charge in [0.15, 0.2) is 0 Å². The predicted octanol–water partition coefficient (Wildman–Crippen LogP) is 1.72. The lowest BCUT2D eigenvalue weighted by molar-refractivity contribution is 0.449. The van der Waals surface area contributed by atoms with E-state index in [0.29, 0.717) is 5.92 Å². The Morgan fingerprint density at radius 3 is 2.77 bits per heavy atom. The summed E-state index contributed by atoms with van der Waals surface area (Å²) >= 11 is 0. The van der Waals surface area contributed by atoms with Crippen LogP contribution in [0.1, 0.15) is 24.6 Å². The molecule has 0 aliphatic carbocycles. The summed E-state index contributed by atoms with van der Waals surface area (Å²) in [6.45, 7) is 2.24. The molecular formula is C8H15Cl2N3. The van der Waals surface area contributed by atoms with Gasteiger partial charge in [-0.1, -0.05) is 0 Å². The summed E-state index contributed by atoms with van der Waals surface area (Å²) in [4.78, 5) is 7.40. The van der Waals surface area contributed by atoms with Crippen molar-refractivity contribution in [3.05, 3.63) is 18.2 Å². The number of hydrogen-bond acceptors (Lipinski definition) is 2. The molecule has 76 valence electrons. The lowest BCUT2D eigenvalue weighted by atomic mass is 9.99. The van der Waals surface area contributed by atoms with Gasteiger partial charge in [0, 0.05) is 24.9 Å². The lowest BCUT2D eigenvalue weighted by Crippen LogP contribution is -2.28. The zero-order chi connectivity index (χ0) is 7.52. The highest BCUT2D eigenvalue weighted by Gasteiger charge is 2.16. The van der Waals surface area contributed by atoms with E-state index >= 15 is 0 Å². The average molecular weight is 224 g/mol. The van der Waals surface area contributed by atoms with E-state index in [0.717, 1.165) is 18.9 Å². The molecule has 2 heterocycles. The van der Waals surface area contributed by atoms with E-state index in [1.165, 1.54) is 12.8 Å². The van der Waals surface area contributed by atoms with Crippen LogP contribution in [0.4, 0.5) is 0 Å². The molecule has 1 aliphatic heterocycles. The monoisotopic (exact) mass is 223 g/mol. The van der Waals surface area contributed by atoms with Crippen LogP contribution in [0.3, 0.4) is 0 Å².